The van der Waals surface area contributed by atoms with Crippen LogP contribution in [-0.4, -0.2) is 35.3 Å². The van der Waals surface area contributed by atoms with Crippen molar-refractivity contribution in [2.45, 2.75) is 33.0 Å². The monoisotopic (exact) mass is 298 g/mol. The van der Waals surface area contributed by atoms with Crippen LogP contribution in [0.4, 0.5) is 17.3 Å². The molecule has 0 aliphatic carbocycles. The maximum Gasteiger partial charge on any atom is 0.135 e. The summed E-state index contributed by atoms with van der Waals surface area (Å²) in [5.41, 5.74) is 2.25. The summed E-state index contributed by atoms with van der Waals surface area (Å²) in [5, 5.41) is 3.34. The molecule has 1 aromatic heterocycles. The van der Waals surface area contributed by atoms with E-state index in [1.807, 2.05) is 18.2 Å². The zero-order chi connectivity index (χ0) is 15.5. The van der Waals surface area contributed by atoms with Crippen LogP contribution in [-0.2, 0) is 4.74 Å². The normalized spacial score (nSPS) is 21.7. The lowest BCUT2D eigenvalue weighted by Crippen LogP contribution is -2.45. The fraction of sp³-hybridized carbons (Fsp3) is 0.412. The summed E-state index contributed by atoms with van der Waals surface area (Å²) in [7, 11) is 0. The van der Waals surface area contributed by atoms with Crippen molar-refractivity contribution in [3.8, 4) is 0 Å². The van der Waals surface area contributed by atoms with E-state index in [1.165, 1.54) is 5.56 Å². The maximum atomic E-state index is 5.78. The van der Waals surface area contributed by atoms with E-state index in [4.69, 9.17) is 4.74 Å². The number of ether oxygens (including phenoxy) is 1. The minimum Gasteiger partial charge on any atom is -0.372 e. The zero-order valence-electron chi connectivity index (χ0n) is 13.3. The summed E-state index contributed by atoms with van der Waals surface area (Å²) in [6.07, 6.45) is 2.04. The van der Waals surface area contributed by atoms with Crippen LogP contribution in [0.2, 0.25) is 0 Å². The Balaban J connectivity index is 1.77. The smallest absolute Gasteiger partial charge is 0.135 e. The van der Waals surface area contributed by atoms with Gasteiger partial charge >= 0.3 is 0 Å². The molecule has 0 bridgehead atoms. The second-order valence-electron chi connectivity index (χ2n) is 5.92. The Bertz CT molecular complexity index is 636. The van der Waals surface area contributed by atoms with E-state index in [2.05, 4.69) is 53.1 Å². The number of nitrogens with zero attached hydrogens (tertiary/aromatic N) is 3. The Hall–Kier alpha value is -2.14. The third-order valence-electron chi connectivity index (χ3n) is 3.69. The average molecular weight is 298 g/mol. The van der Waals surface area contributed by atoms with Crippen molar-refractivity contribution in [3.63, 3.8) is 0 Å². The summed E-state index contributed by atoms with van der Waals surface area (Å²) in [6, 6.07) is 10.2. The van der Waals surface area contributed by atoms with Gasteiger partial charge in [-0.1, -0.05) is 12.1 Å². The van der Waals surface area contributed by atoms with Crippen LogP contribution in [0.5, 0.6) is 0 Å². The van der Waals surface area contributed by atoms with Gasteiger partial charge in [-0.2, -0.15) is 0 Å². The number of nitrogens with one attached hydrogen (secondary N) is 1. The fourth-order valence-electron chi connectivity index (χ4n) is 2.82. The molecule has 0 spiro atoms. The van der Waals surface area contributed by atoms with Gasteiger partial charge in [-0.15, -0.1) is 0 Å². The summed E-state index contributed by atoms with van der Waals surface area (Å²) >= 11 is 0. The molecule has 2 heterocycles. The number of anilines is 3. The molecule has 0 saturated carbocycles. The highest BCUT2D eigenvalue weighted by atomic mass is 16.5. The Labute approximate surface area is 131 Å². The van der Waals surface area contributed by atoms with Crippen LogP contribution >= 0.6 is 0 Å². The summed E-state index contributed by atoms with van der Waals surface area (Å²) in [5.74, 6) is 1.74. The highest BCUT2D eigenvalue weighted by Gasteiger charge is 2.23. The number of hydrogen-bond donors (Lipinski definition) is 1. The standard InChI is InChI=1S/C17H22N4O/c1-12-5-4-6-15(7-12)20-16-8-17(19-11-18-16)21-9-13(2)22-14(3)10-21/h4-8,11,13-14H,9-10H2,1-3H3,(H,18,19,20). The summed E-state index contributed by atoms with van der Waals surface area (Å²) in [4.78, 5) is 11.0. The molecule has 2 aromatic rings. The van der Waals surface area contributed by atoms with E-state index < -0.39 is 0 Å². The molecule has 0 amide bonds. The first-order valence-electron chi connectivity index (χ1n) is 7.66. The van der Waals surface area contributed by atoms with Gasteiger partial charge in [0.05, 0.1) is 12.2 Å². The highest BCUT2D eigenvalue weighted by Crippen LogP contribution is 2.22. The van der Waals surface area contributed by atoms with Crippen LogP contribution in [0.1, 0.15) is 19.4 Å². The zero-order valence-corrected chi connectivity index (χ0v) is 13.3. The van der Waals surface area contributed by atoms with E-state index in [9.17, 15) is 0 Å². The second-order valence-corrected chi connectivity index (χ2v) is 5.92. The molecule has 116 valence electrons. The number of hydrogen-bond acceptors (Lipinski definition) is 5. The molecule has 5 nitrogen and oxygen atoms in total. The molecule has 1 saturated heterocycles. The Kier molecular flexibility index (Phi) is 4.24. The van der Waals surface area contributed by atoms with Crippen molar-refractivity contribution in [2.75, 3.05) is 23.3 Å². The minimum atomic E-state index is 0.215. The Morgan fingerprint density at radius 1 is 1.14 bits per heavy atom. The molecule has 1 fully saturated rings. The van der Waals surface area contributed by atoms with Crippen LogP contribution < -0.4 is 10.2 Å². The lowest BCUT2D eigenvalue weighted by atomic mass is 10.2. The minimum absolute atomic E-state index is 0.215. The first-order valence-corrected chi connectivity index (χ1v) is 7.66. The average Bonchev–Trinajstić information content (AvgIpc) is 2.46. The molecular weight excluding hydrogens is 276 g/mol. The van der Waals surface area contributed by atoms with Gasteiger partial charge in [0, 0.05) is 24.8 Å². The van der Waals surface area contributed by atoms with Gasteiger partial charge < -0.3 is 15.0 Å². The molecule has 1 aromatic carbocycles. The van der Waals surface area contributed by atoms with Gasteiger partial charge in [0.25, 0.3) is 0 Å². The second kappa shape index (κ2) is 6.32. The number of morpholine rings is 1. The molecule has 1 aliphatic rings. The van der Waals surface area contributed by atoms with Crippen molar-refractivity contribution < 1.29 is 4.74 Å². The maximum absolute atomic E-state index is 5.78. The van der Waals surface area contributed by atoms with Crippen LogP contribution in [0.3, 0.4) is 0 Å². The van der Waals surface area contributed by atoms with E-state index in [0.717, 1.165) is 30.4 Å². The molecule has 2 unspecified atom stereocenters. The van der Waals surface area contributed by atoms with Crippen molar-refractivity contribution in [2.24, 2.45) is 0 Å². The SMILES string of the molecule is Cc1cccc(Nc2cc(N3CC(C)OC(C)C3)ncn2)c1. The van der Waals surface area contributed by atoms with E-state index in [-0.39, 0.29) is 12.2 Å². The molecule has 2 atom stereocenters. The predicted molar refractivity (Wildman–Crippen MR) is 88.7 cm³/mol. The van der Waals surface area contributed by atoms with Gasteiger partial charge in [-0.05, 0) is 38.5 Å². The summed E-state index contributed by atoms with van der Waals surface area (Å²) < 4.78 is 5.78. The van der Waals surface area contributed by atoms with Crippen molar-refractivity contribution in [3.05, 3.63) is 42.2 Å². The van der Waals surface area contributed by atoms with Gasteiger partial charge in [0.2, 0.25) is 0 Å². The van der Waals surface area contributed by atoms with Gasteiger partial charge in [-0.25, -0.2) is 9.97 Å². The van der Waals surface area contributed by atoms with Gasteiger partial charge in [0.1, 0.15) is 18.0 Å². The van der Waals surface area contributed by atoms with Crippen LogP contribution in [0, 0.1) is 6.92 Å². The molecule has 1 N–H and O–H groups in total. The lowest BCUT2D eigenvalue weighted by molar-refractivity contribution is -0.00546. The molecule has 3 rings (SSSR count). The predicted octanol–water partition coefficient (Wildman–Crippen LogP) is 3.14. The van der Waals surface area contributed by atoms with Gasteiger partial charge in [0.15, 0.2) is 0 Å². The number of rotatable bonds is 3. The molecule has 0 radical (unpaired) electrons. The number of benzene rings is 1. The fourth-order valence-corrected chi connectivity index (χ4v) is 2.82. The first kappa shape index (κ1) is 14.8. The topological polar surface area (TPSA) is 50.3 Å². The lowest BCUT2D eigenvalue weighted by Gasteiger charge is -2.36. The number of aromatic nitrogens is 2. The van der Waals surface area contributed by atoms with Crippen molar-refractivity contribution in [1.82, 2.24) is 9.97 Å². The van der Waals surface area contributed by atoms with Crippen LogP contribution in [0.15, 0.2) is 36.7 Å². The summed E-state index contributed by atoms with van der Waals surface area (Å²) in [6.45, 7) is 7.97. The molecule has 5 heteroatoms. The first-order chi connectivity index (χ1) is 10.6. The number of aryl methyl sites for hydroxylation is 1. The van der Waals surface area contributed by atoms with E-state index in [1.54, 1.807) is 6.33 Å². The van der Waals surface area contributed by atoms with Gasteiger partial charge in [-0.3, -0.25) is 0 Å². The Morgan fingerprint density at radius 2 is 1.91 bits per heavy atom. The van der Waals surface area contributed by atoms with E-state index in [0.29, 0.717) is 0 Å². The largest absolute Gasteiger partial charge is 0.372 e. The quantitative estimate of drug-likeness (QED) is 0.943. The third-order valence-corrected chi connectivity index (χ3v) is 3.69. The Morgan fingerprint density at radius 3 is 2.64 bits per heavy atom. The molecule has 1 aliphatic heterocycles. The third kappa shape index (κ3) is 3.54. The highest BCUT2D eigenvalue weighted by molar-refractivity contribution is 5.60. The van der Waals surface area contributed by atoms with Crippen molar-refractivity contribution >= 4 is 17.3 Å². The molecular formula is C17H22N4O. The van der Waals surface area contributed by atoms with E-state index >= 15 is 0 Å². The van der Waals surface area contributed by atoms with Crippen LogP contribution in [0.25, 0.3) is 0 Å². The molecule has 22 heavy (non-hydrogen) atoms. The van der Waals surface area contributed by atoms with Crippen molar-refractivity contribution in [1.29, 1.82) is 0 Å².